The highest BCUT2D eigenvalue weighted by Crippen LogP contribution is 2.27. The maximum atomic E-state index is 5.42. The Bertz CT molecular complexity index is 595. The summed E-state index contributed by atoms with van der Waals surface area (Å²) in [5.74, 6) is 0.918. The first-order valence-electron chi connectivity index (χ1n) is 8.35. The van der Waals surface area contributed by atoms with Crippen molar-refractivity contribution in [2.75, 3.05) is 33.3 Å². The molecule has 0 spiro atoms. The molecule has 0 aliphatic carbocycles. The Morgan fingerprint density at radius 2 is 2.13 bits per heavy atom. The third-order valence-electron chi connectivity index (χ3n) is 4.42. The van der Waals surface area contributed by atoms with E-state index in [2.05, 4.69) is 45.5 Å². The number of hydrogen-bond acceptors (Lipinski definition) is 4. The highest BCUT2D eigenvalue weighted by Gasteiger charge is 2.22. The molecule has 122 valence electrons. The summed E-state index contributed by atoms with van der Waals surface area (Å²) in [6.45, 7) is 4.32. The largest absolute Gasteiger partial charge is 0.497 e. The number of hydrogen-bond donors (Lipinski definition) is 1. The smallest absolute Gasteiger partial charge is 0.119 e. The van der Waals surface area contributed by atoms with E-state index in [1.54, 1.807) is 7.11 Å². The van der Waals surface area contributed by atoms with Gasteiger partial charge in [0.25, 0.3) is 0 Å². The molecule has 1 atom stereocenters. The van der Waals surface area contributed by atoms with Gasteiger partial charge in [-0.2, -0.15) is 0 Å². The Morgan fingerprint density at radius 3 is 2.96 bits per heavy atom. The van der Waals surface area contributed by atoms with Crippen LogP contribution in [0.25, 0.3) is 0 Å². The van der Waals surface area contributed by atoms with Crippen molar-refractivity contribution in [3.63, 3.8) is 0 Å². The van der Waals surface area contributed by atoms with E-state index in [1.807, 2.05) is 18.3 Å². The lowest BCUT2D eigenvalue weighted by atomic mass is 9.99. The van der Waals surface area contributed by atoms with E-state index < -0.39 is 0 Å². The van der Waals surface area contributed by atoms with Crippen LogP contribution in [0.3, 0.4) is 0 Å². The van der Waals surface area contributed by atoms with E-state index in [4.69, 9.17) is 4.74 Å². The lowest BCUT2D eigenvalue weighted by Gasteiger charge is -2.31. The van der Waals surface area contributed by atoms with Crippen molar-refractivity contribution < 1.29 is 4.74 Å². The topological polar surface area (TPSA) is 37.4 Å². The average molecular weight is 311 g/mol. The molecule has 0 saturated carbocycles. The highest BCUT2D eigenvalue weighted by molar-refractivity contribution is 5.31. The predicted molar refractivity (Wildman–Crippen MR) is 92.7 cm³/mol. The van der Waals surface area contributed by atoms with Crippen LogP contribution in [0.5, 0.6) is 5.75 Å². The van der Waals surface area contributed by atoms with Crippen molar-refractivity contribution >= 4 is 0 Å². The van der Waals surface area contributed by atoms with Gasteiger partial charge in [-0.1, -0.05) is 18.2 Å². The van der Waals surface area contributed by atoms with Crippen LogP contribution in [0.1, 0.15) is 23.7 Å². The molecule has 1 aromatic carbocycles. The van der Waals surface area contributed by atoms with E-state index in [0.29, 0.717) is 6.04 Å². The summed E-state index contributed by atoms with van der Waals surface area (Å²) in [7, 11) is 1.72. The molecule has 23 heavy (non-hydrogen) atoms. The summed E-state index contributed by atoms with van der Waals surface area (Å²) in [5, 5.41) is 3.49. The summed E-state index contributed by atoms with van der Waals surface area (Å²) in [4.78, 5) is 7.10. The molecule has 2 heterocycles. The minimum Gasteiger partial charge on any atom is -0.497 e. The third kappa shape index (κ3) is 4.30. The van der Waals surface area contributed by atoms with Crippen LogP contribution in [0.15, 0.2) is 48.7 Å². The highest BCUT2D eigenvalue weighted by atomic mass is 16.5. The number of rotatable bonds is 5. The molecule has 1 aliphatic rings. The lowest BCUT2D eigenvalue weighted by molar-refractivity contribution is 0.207. The second-order valence-corrected chi connectivity index (χ2v) is 5.96. The van der Waals surface area contributed by atoms with Gasteiger partial charge in [-0.05, 0) is 42.8 Å². The fourth-order valence-corrected chi connectivity index (χ4v) is 3.20. The SMILES string of the molecule is COc1cccc(C(Cc2ccccn2)N2CCCNCC2)c1. The summed E-state index contributed by atoms with van der Waals surface area (Å²) in [5.41, 5.74) is 2.44. The van der Waals surface area contributed by atoms with Crippen LogP contribution in [-0.2, 0) is 6.42 Å². The molecule has 0 bridgehead atoms. The van der Waals surface area contributed by atoms with Gasteiger partial charge in [0.1, 0.15) is 5.75 Å². The Balaban J connectivity index is 1.88. The number of aromatic nitrogens is 1. The molecular weight excluding hydrogens is 286 g/mol. The molecule has 1 saturated heterocycles. The fourth-order valence-electron chi connectivity index (χ4n) is 3.20. The van der Waals surface area contributed by atoms with Gasteiger partial charge in [0.2, 0.25) is 0 Å². The third-order valence-corrected chi connectivity index (χ3v) is 4.42. The van der Waals surface area contributed by atoms with Gasteiger partial charge in [-0.25, -0.2) is 0 Å². The van der Waals surface area contributed by atoms with E-state index in [1.165, 1.54) is 12.0 Å². The molecule has 1 fully saturated rings. The van der Waals surface area contributed by atoms with Crippen molar-refractivity contribution in [2.45, 2.75) is 18.9 Å². The molecule has 1 unspecified atom stereocenters. The van der Waals surface area contributed by atoms with Crippen molar-refractivity contribution in [3.05, 3.63) is 59.9 Å². The van der Waals surface area contributed by atoms with E-state index >= 15 is 0 Å². The van der Waals surface area contributed by atoms with E-state index in [9.17, 15) is 0 Å². The van der Waals surface area contributed by atoms with Crippen LogP contribution in [0, 0.1) is 0 Å². The van der Waals surface area contributed by atoms with Crippen molar-refractivity contribution in [3.8, 4) is 5.75 Å². The Kier molecular flexibility index (Phi) is 5.61. The zero-order valence-corrected chi connectivity index (χ0v) is 13.7. The van der Waals surface area contributed by atoms with Crippen molar-refractivity contribution in [2.24, 2.45) is 0 Å². The first kappa shape index (κ1) is 16.0. The predicted octanol–water partition coefficient (Wildman–Crippen LogP) is 2.67. The zero-order chi connectivity index (χ0) is 15.9. The first-order chi connectivity index (χ1) is 11.4. The van der Waals surface area contributed by atoms with E-state index in [-0.39, 0.29) is 0 Å². The van der Waals surface area contributed by atoms with Gasteiger partial charge in [0.05, 0.1) is 7.11 Å². The van der Waals surface area contributed by atoms with Crippen LogP contribution >= 0.6 is 0 Å². The van der Waals surface area contributed by atoms with Gasteiger partial charge in [0.15, 0.2) is 0 Å². The quantitative estimate of drug-likeness (QED) is 0.921. The number of pyridine rings is 1. The van der Waals surface area contributed by atoms with Crippen molar-refractivity contribution in [1.82, 2.24) is 15.2 Å². The maximum Gasteiger partial charge on any atom is 0.119 e. The van der Waals surface area contributed by atoms with Gasteiger partial charge < -0.3 is 10.1 Å². The second kappa shape index (κ2) is 8.09. The van der Waals surface area contributed by atoms with Gasteiger partial charge in [0, 0.05) is 44.0 Å². The first-order valence-corrected chi connectivity index (χ1v) is 8.35. The van der Waals surface area contributed by atoms with Gasteiger partial charge in [-0.3, -0.25) is 9.88 Å². The molecule has 3 rings (SSSR count). The molecular formula is C19H25N3O. The van der Waals surface area contributed by atoms with Crippen molar-refractivity contribution in [1.29, 1.82) is 0 Å². The minimum atomic E-state index is 0.333. The Hall–Kier alpha value is -1.91. The summed E-state index contributed by atoms with van der Waals surface area (Å²) in [6, 6.07) is 14.9. The Labute approximate surface area is 138 Å². The normalized spacial score (nSPS) is 17.4. The number of nitrogens with one attached hydrogen (secondary N) is 1. The average Bonchev–Trinajstić information content (AvgIpc) is 2.90. The van der Waals surface area contributed by atoms with Crippen LogP contribution < -0.4 is 10.1 Å². The number of benzene rings is 1. The standard InChI is InChI=1S/C19H25N3O/c1-23-18-8-4-6-16(14-18)19(15-17-7-2-3-10-21-17)22-12-5-9-20-11-13-22/h2-4,6-8,10,14,19-20H,5,9,11-13,15H2,1H3. The number of methoxy groups -OCH3 is 1. The number of nitrogens with zero attached hydrogens (tertiary/aromatic N) is 2. The number of ether oxygens (including phenoxy) is 1. The summed E-state index contributed by atoms with van der Waals surface area (Å²) >= 11 is 0. The molecule has 2 aromatic rings. The van der Waals surface area contributed by atoms with Crippen LogP contribution in [-0.4, -0.2) is 43.2 Å². The molecule has 0 radical (unpaired) electrons. The molecule has 1 N–H and O–H groups in total. The molecule has 1 aliphatic heterocycles. The molecule has 0 amide bonds. The minimum absolute atomic E-state index is 0.333. The molecule has 4 heteroatoms. The second-order valence-electron chi connectivity index (χ2n) is 5.96. The lowest BCUT2D eigenvalue weighted by Crippen LogP contribution is -2.33. The van der Waals surface area contributed by atoms with Crippen LogP contribution in [0.2, 0.25) is 0 Å². The van der Waals surface area contributed by atoms with E-state index in [0.717, 1.165) is 44.0 Å². The Morgan fingerprint density at radius 1 is 1.17 bits per heavy atom. The summed E-state index contributed by atoms with van der Waals surface area (Å²) < 4.78 is 5.42. The maximum absolute atomic E-state index is 5.42. The fraction of sp³-hybridized carbons (Fsp3) is 0.421. The monoisotopic (exact) mass is 311 g/mol. The molecule has 4 nitrogen and oxygen atoms in total. The molecule has 1 aromatic heterocycles. The zero-order valence-electron chi connectivity index (χ0n) is 13.7. The van der Waals surface area contributed by atoms with Gasteiger partial charge >= 0.3 is 0 Å². The summed E-state index contributed by atoms with van der Waals surface area (Å²) in [6.07, 6.45) is 3.98. The van der Waals surface area contributed by atoms with Gasteiger partial charge in [-0.15, -0.1) is 0 Å². The van der Waals surface area contributed by atoms with Crippen LogP contribution in [0.4, 0.5) is 0 Å².